The Kier molecular flexibility index (Phi) is 4.22. The average Bonchev–Trinajstić information content (AvgIpc) is 2.78. The average molecular weight is 337 g/mol. The first kappa shape index (κ1) is 16.1. The summed E-state index contributed by atoms with van der Waals surface area (Å²) < 4.78 is 26.2. The molecule has 1 saturated heterocycles. The van der Waals surface area contributed by atoms with Gasteiger partial charge in [-0.2, -0.15) is 4.31 Å². The Bertz CT molecular complexity index is 704. The largest absolute Gasteiger partial charge is 0.304 e. The number of amides is 2. The Labute approximate surface area is 135 Å². The van der Waals surface area contributed by atoms with E-state index in [1.807, 2.05) is 7.05 Å². The van der Waals surface area contributed by atoms with Crippen LogP contribution in [0.15, 0.2) is 24.3 Å². The highest BCUT2D eigenvalue weighted by Crippen LogP contribution is 2.22. The van der Waals surface area contributed by atoms with Crippen LogP contribution >= 0.6 is 0 Å². The van der Waals surface area contributed by atoms with Gasteiger partial charge in [0.05, 0.1) is 16.9 Å². The summed E-state index contributed by atoms with van der Waals surface area (Å²) in [4.78, 5) is 27.6. The van der Waals surface area contributed by atoms with E-state index in [9.17, 15) is 18.0 Å². The van der Waals surface area contributed by atoms with Crippen LogP contribution in [-0.2, 0) is 10.0 Å². The molecule has 1 fully saturated rings. The standard InChI is InChI=1S/C15H19N3O4S/c1-16-6-8-17(9-7-16)23(21,22)11-10-18-14(19)12-4-2-3-5-13(12)15(18)20/h2-5H,6-11H2,1H3. The van der Waals surface area contributed by atoms with Gasteiger partial charge in [0, 0.05) is 32.7 Å². The number of likely N-dealkylation sites (N-methyl/N-ethyl adjacent to an activating group) is 1. The summed E-state index contributed by atoms with van der Waals surface area (Å²) in [6, 6.07) is 6.55. The third kappa shape index (κ3) is 3.01. The van der Waals surface area contributed by atoms with Crippen LogP contribution in [0.5, 0.6) is 0 Å². The number of imide groups is 1. The van der Waals surface area contributed by atoms with Crippen molar-refractivity contribution in [2.45, 2.75) is 0 Å². The van der Waals surface area contributed by atoms with E-state index in [0.29, 0.717) is 37.3 Å². The first-order valence-corrected chi connectivity index (χ1v) is 9.12. The SMILES string of the molecule is CN1CCN(S(=O)(=O)CCN2C(=O)c3ccccc3C2=O)CC1. The number of piperazine rings is 1. The lowest BCUT2D eigenvalue weighted by atomic mass is 10.1. The maximum atomic E-state index is 12.4. The minimum Gasteiger partial charge on any atom is -0.304 e. The van der Waals surface area contributed by atoms with E-state index < -0.39 is 21.8 Å². The highest BCUT2D eigenvalue weighted by Gasteiger charge is 2.36. The summed E-state index contributed by atoms with van der Waals surface area (Å²) >= 11 is 0. The number of fused-ring (bicyclic) bond motifs is 1. The molecule has 7 nitrogen and oxygen atoms in total. The lowest BCUT2D eigenvalue weighted by Crippen LogP contribution is -2.49. The van der Waals surface area contributed by atoms with Crippen molar-refractivity contribution >= 4 is 21.8 Å². The van der Waals surface area contributed by atoms with Crippen LogP contribution in [0.4, 0.5) is 0 Å². The highest BCUT2D eigenvalue weighted by molar-refractivity contribution is 7.89. The van der Waals surface area contributed by atoms with Crippen molar-refractivity contribution in [1.29, 1.82) is 0 Å². The summed E-state index contributed by atoms with van der Waals surface area (Å²) in [7, 11) is -1.52. The fraction of sp³-hybridized carbons (Fsp3) is 0.467. The van der Waals surface area contributed by atoms with Crippen molar-refractivity contribution < 1.29 is 18.0 Å². The topological polar surface area (TPSA) is 78.0 Å². The van der Waals surface area contributed by atoms with E-state index in [-0.39, 0.29) is 12.3 Å². The fourth-order valence-corrected chi connectivity index (χ4v) is 4.24. The number of sulfonamides is 1. The van der Waals surface area contributed by atoms with Crippen LogP contribution < -0.4 is 0 Å². The minimum atomic E-state index is -3.47. The molecule has 124 valence electrons. The first-order chi connectivity index (χ1) is 10.9. The Hall–Kier alpha value is -1.77. The predicted molar refractivity (Wildman–Crippen MR) is 84.7 cm³/mol. The molecule has 0 atom stereocenters. The van der Waals surface area contributed by atoms with Gasteiger partial charge in [-0.1, -0.05) is 12.1 Å². The summed E-state index contributed by atoms with van der Waals surface area (Å²) in [5, 5.41) is 0. The molecule has 0 unspecified atom stereocenters. The number of rotatable bonds is 4. The molecule has 3 rings (SSSR count). The number of nitrogens with zero attached hydrogens (tertiary/aromatic N) is 3. The fourth-order valence-electron chi connectivity index (χ4n) is 2.84. The number of benzene rings is 1. The van der Waals surface area contributed by atoms with Crippen molar-refractivity contribution in [1.82, 2.24) is 14.1 Å². The quantitative estimate of drug-likeness (QED) is 0.715. The van der Waals surface area contributed by atoms with Crippen LogP contribution in [0.3, 0.4) is 0 Å². The molecule has 0 aliphatic carbocycles. The molecule has 2 amide bonds. The summed E-state index contributed by atoms with van der Waals surface area (Å²) in [6.45, 7) is 2.15. The lowest BCUT2D eigenvalue weighted by molar-refractivity contribution is 0.0663. The van der Waals surface area contributed by atoms with Crippen molar-refractivity contribution in [2.75, 3.05) is 45.5 Å². The van der Waals surface area contributed by atoms with E-state index in [2.05, 4.69) is 4.90 Å². The molecule has 0 bridgehead atoms. The molecule has 23 heavy (non-hydrogen) atoms. The normalized spacial score (nSPS) is 20.1. The van der Waals surface area contributed by atoms with Crippen LogP contribution in [0.2, 0.25) is 0 Å². The zero-order valence-corrected chi connectivity index (χ0v) is 13.8. The van der Waals surface area contributed by atoms with E-state index >= 15 is 0 Å². The molecule has 2 heterocycles. The third-order valence-corrected chi connectivity index (χ3v) is 6.16. The molecule has 2 aliphatic rings. The van der Waals surface area contributed by atoms with Gasteiger partial charge in [0.25, 0.3) is 11.8 Å². The van der Waals surface area contributed by atoms with E-state index in [1.54, 1.807) is 24.3 Å². The highest BCUT2D eigenvalue weighted by atomic mass is 32.2. The van der Waals surface area contributed by atoms with Crippen LogP contribution in [0.25, 0.3) is 0 Å². The van der Waals surface area contributed by atoms with E-state index in [0.717, 1.165) is 4.90 Å². The van der Waals surface area contributed by atoms with Gasteiger partial charge in [-0.05, 0) is 19.2 Å². The Balaban J connectivity index is 1.67. The van der Waals surface area contributed by atoms with Crippen LogP contribution in [0.1, 0.15) is 20.7 Å². The van der Waals surface area contributed by atoms with Gasteiger partial charge in [0.2, 0.25) is 10.0 Å². The molecule has 0 saturated carbocycles. The zero-order valence-electron chi connectivity index (χ0n) is 12.9. The molecular weight excluding hydrogens is 318 g/mol. The molecule has 0 radical (unpaired) electrons. The maximum absolute atomic E-state index is 12.4. The molecule has 0 N–H and O–H groups in total. The molecule has 1 aromatic rings. The van der Waals surface area contributed by atoms with Crippen LogP contribution in [-0.4, -0.2) is 79.9 Å². The summed E-state index contributed by atoms with van der Waals surface area (Å²) in [5.41, 5.74) is 0.684. The molecule has 2 aliphatic heterocycles. The summed E-state index contributed by atoms with van der Waals surface area (Å²) in [6.07, 6.45) is 0. The van der Waals surface area contributed by atoms with Gasteiger partial charge in [0.15, 0.2) is 0 Å². The van der Waals surface area contributed by atoms with Crippen LogP contribution in [0, 0.1) is 0 Å². The summed E-state index contributed by atoms with van der Waals surface area (Å²) in [5.74, 6) is -1.07. The molecule has 0 aromatic heterocycles. The van der Waals surface area contributed by atoms with Crippen molar-refractivity contribution in [3.05, 3.63) is 35.4 Å². The molecule has 1 aromatic carbocycles. The minimum absolute atomic E-state index is 0.110. The second-order valence-corrected chi connectivity index (χ2v) is 7.91. The lowest BCUT2D eigenvalue weighted by Gasteiger charge is -2.31. The van der Waals surface area contributed by atoms with Crippen molar-refractivity contribution in [3.8, 4) is 0 Å². The Morgan fingerprint density at radius 1 is 0.957 bits per heavy atom. The van der Waals surface area contributed by atoms with Gasteiger partial charge < -0.3 is 4.90 Å². The van der Waals surface area contributed by atoms with Gasteiger partial charge in [-0.25, -0.2) is 8.42 Å². The van der Waals surface area contributed by atoms with Gasteiger partial charge in [-0.3, -0.25) is 14.5 Å². The van der Waals surface area contributed by atoms with Gasteiger partial charge >= 0.3 is 0 Å². The van der Waals surface area contributed by atoms with Gasteiger partial charge in [-0.15, -0.1) is 0 Å². The number of hydrogen-bond donors (Lipinski definition) is 0. The van der Waals surface area contributed by atoms with E-state index in [1.165, 1.54) is 4.31 Å². The molecular formula is C15H19N3O4S. The second kappa shape index (κ2) is 6.03. The maximum Gasteiger partial charge on any atom is 0.261 e. The first-order valence-electron chi connectivity index (χ1n) is 7.52. The van der Waals surface area contributed by atoms with Crippen molar-refractivity contribution in [3.63, 3.8) is 0 Å². The van der Waals surface area contributed by atoms with Crippen molar-refractivity contribution in [2.24, 2.45) is 0 Å². The van der Waals surface area contributed by atoms with Gasteiger partial charge in [0.1, 0.15) is 0 Å². The molecule has 8 heteroatoms. The zero-order chi connectivity index (χ0) is 16.6. The number of carbonyl (C=O) groups is 2. The Morgan fingerprint density at radius 2 is 1.48 bits per heavy atom. The Morgan fingerprint density at radius 3 is 2.00 bits per heavy atom. The third-order valence-electron chi connectivity index (χ3n) is 4.31. The monoisotopic (exact) mass is 337 g/mol. The molecule has 0 spiro atoms. The predicted octanol–water partition coefficient (Wildman–Crippen LogP) is -0.140. The number of hydrogen-bond acceptors (Lipinski definition) is 5. The van der Waals surface area contributed by atoms with E-state index in [4.69, 9.17) is 0 Å². The number of carbonyl (C=O) groups excluding carboxylic acids is 2. The smallest absolute Gasteiger partial charge is 0.261 e. The second-order valence-electron chi connectivity index (χ2n) is 5.83.